The molecule has 0 aliphatic carbocycles. The van der Waals surface area contributed by atoms with Gasteiger partial charge in [0.1, 0.15) is 11.0 Å². The van der Waals surface area contributed by atoms with E-state index in [1.54, 1.807) is 0 Å². The van der Waals surface area contributed by atoms with Crippen LogP contribution in [-0.2, 0) is 13.6 Å². The van der Waals surface area contributed by atoms with Crippen molar-refractivity contribution >= 4 is 11.0 Å². The molecule has 0 atom stereocenters. The highest BCUT2D eigenvalue weighted by atomic mass is 16.2. The van der Waals surface area contributed by atoms with Crippen LogP contribution in [0, 0.1) is 0 Å². The Bertz CT molecular complexity index is 884. The average Bonchev–Trinajstić information content (AvgIpc) is 2.44. The van der Waals surface area contributed by atoms with Crippen molar-refractivity contribution in [1.82, 2.24) is 19.1 Å². The summed E-state index contributed by atoms with van der Waals surface area (Å²) < 4.78 is 2.15. The molecule has 2 N–H and O–H groups in total. The predicted octanol–water partition coefficient (Wildman–Crippen LogP) is -0.343. The number of H-pyrrole nitrogens is 2. The summed E-state index contributed by atoms with van der Waals surface area (Å²) in [6.45, 7) is 2.40. The van der Waals surface area contributed by atoms with Crippen molar-refractivity contribution in [2.24, 2.45) is 7.05 Å². The molecule has 0 amide bonds. The molecular formula is C13H18N4O4. The van der Waals surface area contributed by atoms with E-state index < -0.39 is 22.5 Å². The summed E-state index contributed by atoms with van der Waals surface area (Å²) in [6, 6.07) is 0. The maximum Gasteiger partial charge on any atom is 0.331 e. The highest BCUT2D eigenvalue weighted by molar-refractivity contribution is 5.71. The van der Waals surface area contributed by atoms with Gasteiger partial charge in [0.05, 0.1) is 0 Å². The van der Waals surface area contributed by atoms with Crippen LogP contribution in [0.25, 0.3) is 11.0 Å². The molecule has 0 aliphatic rings. The van der Waals surface area contributed by atoms with Gasteiger partial charge in [0.15, 0.2) is 0 Å². The molecule has 2 aromatic heterocycles. The van der Waals surface area contributed by atoms with Crippen LogP contribution in [0.5, 0.6) is 0 Å². The first-order valence-electron chi connectivity index (χ1n) is 6.93. The summed E-state index contributed by atoms with van der Waals surface area (Å²) in [7, 11) is 1.33. The Labute approximate surface area is 119 Å². The first kappa shape index (κ1) is 15.0. The zero-order valence-electron chi connectivity index (χ0n) is 12.1. The quantitative estimate of drug-likeness (QED) is 0.735. The molecule has 0 aliphatic heterocycles. The summed E-state index contributed by atoms with van der Waals surface area (Å²) in [6.07, 6.45) is 3.73. The van der Waals surface area contributed by atoms with Crippen LogP contribution in [0.1, 0.15) is 32.6 Å². The number of aromatic nitrogens is 4. The Hall–Kier alpha value is -2.38. The largest absolute Gasteiger partial charge is 0.331 e. The SMILES string of the molecule is CCCCCCn1c(=O)n(C)c(=O)c2[nH]c(=O)[nH]c(=O)c21. The third-order valence-corrected chi connectivity index (χ3v) is 3.46. The lowest BCUT2D eigenvalue weighted by molar-refractivity contribution is 0.554. The van der Waals surface area contributed by atoms with Gasteiger partial charge >= 0.3 is 11.4 Å². The molecule has 114 valence electrons. The molecule has 0 saturated heterocycles. The van der Waals surface area contributed by atoms with Gasteiger partial charge in [0, 0.05) is 13.6 Å². The molecular weight excluding hydrogens is 276 g/mol. The molecule has 0 unspecified atom stereocenters. The number of nitrogens with one attached hydrogen (secondary N) is 2. The van der Waals surface area contributed by atoms with Gasteiger partial charge < -0.3 is 4.98 Å². The Balaban J connectivity index is 2.69. The number of aryl methyl sites for hydroxylation is 1. The number of rotatable bonds is 5. The predicted molar refractivity (Wildman–Crippen MR) is 78.8 cm³/mol. The van der Waals surface area contributed by atoms with Gasteiger partial charge in [0.25, 0.3) is 11.1 Å². The zero-order chi connectivity index (χ0) is 15.6. The van der Waals surface area contributed by atoms with Gasteiger partial charge in [-0.1, -0.05) is 26.2 Å². The molecule has 0 aromatic carbocycles. The molecule has 0 bridgehead atoms. The maximum atomic E-state index is 12.2. The van der Waals surface area contributed by atoms with Gasteiger partial charge in [-0.05, 0) is 6.42 Å². The van der Waals surface area contributed by atoms with Crippen molar-refractivity contribution in [2.75, 3.05) is 0 Å². The van der Waals surface area contributed by atoms with Crippen molar-refractivity contribution < 1.29 is 0 Å². The van der Waals surface area contributed by atoms with E-state index in [1.807, 2.05) is 0 Å². The van der Waals surface area contributed by atoms with E-state index in [4.69, 9.17) is 0 Å². The lowest BCUT2D eigenvalue weighted by Crippen LogP contribution is -2.42. The molecule has 0 saturated carbocycles. The molecule has 2 heterocycles. The fourth-order valence-corrected chi connectivity index (χ4v) is 2.33. The van der Waals surface area contributed by atoms with E-state index in [0.717, 1.165) is 30.3 Å². The minimum absolute atomic E-state index is 0.0702. The summed E-state index contributed by atoms with van der Waals surface area (Å²) in [5, 5.41) is 0. The lowest BCUT2D eigenvalue weighted by Gasteiger charge is -2.10. The monoisotopic (exact) mass is 294 g/mol. The van der Waals surface area contributed by atoms with Crippen LogP contribution < -0.4 is 22.5 Å². The van der Waals surface area contributed by atoms with Crippen molar-refractivity contribution in [3.63, 3.8) is 0 Å². The molecule has 2 aromatic rings. The van der Waals surface area contributed by atoms with Crippen LogP contribution in [0.2, 0.25) is 0 Å². The number of hydrogen-bond donors (Lipinski definition) is 2. The van der Waals surface area contributed by atoms with Crippen LogP contribution in [0.15, 0.2) is 19.2 Å². The van der Waals surface area contributed by atoms with Crippen molar-refractivity contribution in [2.45, 2.75) is 39.2 Å². The first-order valence-corrected chi connectivity index (χ1v) is 6.93. The summed E-state index contributed by atoms with van der Waals surface area (Å²) >= 11 is 0. The second-order valence-electron chi connectivity index (χ2n) is 4.99. The van der Waals surface area contributed by atoms with Gasteiger partial charge in [-0.2, -0.15) is 0 Å². The Morgan fingerprint density at radius 3 is 2.38 bits per heavy atom. The van der Waals surface area contributed by atoms with E-state index >= 15 is 0 Å². The van der Waals surface area contributed by atoms with E-state index in [1.165, 1.54) is 11.6 Å². The molecule has 0 spiro atoms. The molecule has 2 rings (SSSR count). The summed E-state index contributed by atoms with van der Waals surface area (Å²) in [4.78, 5) is 51.8. The molecule has 21 heavy (non-hydrogen) atoms. The van der Waals surface area contributed by atoms with Crippen LogP contribution >= 0.6 is 0 Å². The number of fused-ring (bicyclic) bond motifs is 1. The fourth-order valence-electron chi connectivity index (χ4n) is 2.33. The first-order chi connectivity index (χ1) is 9.97. The van der Waals surface area contributed by atoms with Crippen LogP contribution in [0.4, 0.5) is 0 Å². The number of aromatic amines is 2. The second kappa shape index (κ2) is 5.94. The van der Waals surface area contributed by atoms with Crippen molar-refractivity contribution in [3.8, 4) is 0 Å². The number of nitrogens with zero attached hydrogens (tertiary/aromatic N) is 2. The number of unbranched alkanes of at least 4 members (excludes halogenated alkanes) is 3. The van der Waals surface area contributed by atoms with Gasteiger partial charge in [0.2, 0.25) is 0 Å². The molecule has 8 nitrogen and oxygen atoms in total. The number of hydrogen-bond acceptors (Lipinski definition) is 4. The minimum Gasteiger partial charge on any atom is -0.301 e. The van der Waals surface area contributed by atoms with Gasteiger partial charge in [-0.3, -0.25) is 23.7 Å². The molecule has 0 fully saturated rings. The third-order valence-electron chi connectivity index (χ3n) is 3.46. The molecule has 0 radical (unpaired) electrons. The highest BCUT2D eigenvalue weighted by Crippen LogP contribution is 2.03. The van der Waals surface area contributed by atoms with Crippen LogP contribution in [0.3, 0.4) is 0 Å². The minimum atomic E-state index is -0.763. The molecule has 8 heteroatoms. The van der Waals surface area contributed by atoms with E-state index in [-0.39, 0.29) is 11.0 Å². The lowest BCUT2D eigenvalue weighted by atomic mass is 10.2. The maximum absolute atomic E-state index is 12.2. The van der Waals surface area contributed by atoms with Gasteiger partial charge in [-0.15, -0.1) is 0 Å². The van der Waals surface area contributed by atoms with Crippen molar-refractivity contribution in [1.29, 1.82) is 0 Å². The van der Waals surface area contributed by atoms with Crippen LogP contribution in [-0.4, -0.2) is 19.1 Å². The highest BCUT2D eigenvalue weighted by Gasteiger charge is 2.14. The smallest absolute Gasteiger partial charge is 0.301 e. The second-order valence-corrected chi connectivity index (χ2v) is 4.99. The summed E-state index contributed by atoms with van der Waals surface area (Å²) in [5.41, 5.74) is -2.93. The van der Waals surface area contributed by atoms with Gasteiger partial charge in [-0.25, -0.2) is 9.59 Å². The Morgan fingerprint density at radius 1 is 1.00 bits per heavy atom. The Morgan fingerprint density at radius 2 is 1.71 bits per heavy atom. The normalized spacial score (nSPS) is 11.1. The third kappa shape index (κ3) is 2.74. The fraction of sp³-hybridized carbons (Fsp3) is 0.538. The average molecular weight is 294 g/mol. The topological polar surface area (TPSA) is 110 Å². The zero-order valence-corrected chi connectivity index (χ0v) is 12.1. The standard InChI is InChI=1S/C13H18N4O4/c1-3-4-5-6-7-17-9-8(11(19)16(2)13(17)21)14-12(20)15-10(9)18/h3-7H2,1-2H3,(H2,14,15,18,20). The van der Waals surface area contributed by atoms with Crippen molar-refractivity contribution in [3.05, 3.63) is 41.7 Å². The van der Waals surface area contributed by atoms with E-state index in [0.29, 0.717) is 6.54 Å². The Kier molecular flexibility index (Phi) is 4.25. The summed E-state index contributed by atoms with van der Waals surface area (Å²) in [5.74, 6) is 0. The van der Waals surface area contributed by atoms with E-state index in [2.05, 4.69) is 16.9 Å². The van der Waals surface area contributed by atoms with E-state index in [9.17, 15) is 19.2 Å².